The number of benzene rings is 2. The monoisotopic (exact) mass is 587 g/mol. The Balaban J connectivity index is 0.000000384. The van der Waals surface area contributed by atoms with Gasteiger partial charge in [-0.15, -0.1) is 0 Å². The minimum atomic E-state index is -1.09. The lowest BCUT2D eigenvalue weighted by Crippen LogP contribution is -2.55. The van der Waals surface area contributed by atoms with Gasteiger partial charge in [-0.25, -0.2) is 4.39 Å². The highest BCUT2D eigenvalue weighted by Gasteiger charge is 2.46. The van der Waals surface area contributed by atoms with Crippen molar-refractivity contribution < 1.29 is 28.0 Å². The van der Waals surface area contributed by atoms with Gasteiger partial charge in [-0.1, -0.05) is 47.5 Å². The number of carbonyl (C=O) groups excluding carboxylic acids is 1. The molecule has 0 aromatic heterocycles. The van der Waals surface area contributed by atoms with Crippen molar-refractivity contribution in [1.29, 1.82) is 0 Å². The first-order chi connectivity index (χ1) is 17.7. The van der Waals surface area contributed by atoms with Crippen molar-refractivity contribution in [2.75, 3.05) is 12.4 Å². The van der Waals surface area contributed by atoms with Gasteiger partial charge in [-0.3, -0.25) is 13.8 Å². The molecule has 6 nitrogen and oxygen atoms in total. The van der Waals surface area contributed by atoms with E-state index in [0.29, 0.717) is 23.8 Å². The zero-order valence-corrected chi connectivity index (χ0v) is 24.7. The van der Waals surface area contributed by atoms with E-state index < -0.39 is 34.7 Å². The lowest BCUT2D eigenvalue weighted by Gasteiger charge is -2.44. The fourth-order valence-electron chi connectivity index (χ4n) is 3.87. The quantitative estimate of drug-likeness (QED) is 0.430. The second-order valence-electron chi connectivity index (χ2n) is 10.3. The molecule has 0 radical (unpaired) electrons. The number of carboxylic acids is 1. The van der Waals surface area contributed by atoms with Crippen molar-refractivity contribution in [3.05, 3.63) is 70.0 Å². The summed E-state index contributed by atoms with van der Waals surface area (Å²) >= 11 is 11.4. The highest BCUT2D eigenvalue weighted by molar-refractivity contribution is 7.86. The first kappa shape index (κ1) is 32.2. The molecule has 1 aliphatic heterocycles. The Morgan fingerprint density at radius 1 is 1.18 bits per heavy atom. The predicted molar refractivity (Wildman–Crippen MR) is 150 cm³/mol. The lowest BCUT2D eigenvalue weighted by molar-refractivity contribution is -0.162. The van der Waals surface area contributed by atoms with Gasteiger partial charge >= 0.3 is 0 Å². The third kappa shape index (κ3) is 9.95. The largest absolute Gasteiger partial charge is 0.481 e. The van der Waals surface area contributed by atoms with Crippen LogP contribution in [0.5, 0.6) is 0 Å². The van der Waals surface area contributed by atoms with E-state index in [0.717, 1.165) is 24.8 Å². The van der Waals surface area contributed by atoms with Gasteiger partial charge in [0.05, 0.1) is 17.7 Å². The number of aliphatic carboxylic acids is 1. The van der Waals surface area contributed by atoms with Crippen LogP contribution >= 0.6 is 23.2 Å². The molecule has 4 rings (SSSR count). The normalized spacial score (nSPS) is 20.8. The molecule has 1 amide bonds. The standard InChI is InChI=1S/C20H27ClFNO3S.C6H5Cl.C2H4O2/c1-12-19(24)23(18(13-5-6-13)11-27(25)20(2,3)4)17(10-26-12)14-7-8-15(21)16(22)9-14;7-6-4-2-1-3-5-6;1-2(3)4/h7-9,12-13,17-18H,5-6,10-11H2,1-4H3;1-5H;1H3,(H,3,4). The maximum Gasteiger partial charge on any atom is 0.300 e. The van der Waals surface area contributed by atoms with Crippen LogP contribution < -0.4 is 0 Å². The van der Waals surface area contributed by atoms with Crippen LogP contribution in [0.1, 0.15) is 59.1 Å². The van der Waals surface area contributed by atoms with Crippen molar-refractivity contribution in [2.24, 2.45) is 5.92 Å². The summed E-state index contributed by atoms with van der Waals surface area (Å²) in [4.78, 5) is 23.9. The van der Waals surface area contributed by atoms with Crippen molar-refractivity contribution in [3.63, 3.8) is 0 Å². The second-order valence-corrected chi connectivity index (χ2v) is 13.3. The molecule has 2 aromatic rings. The van der Waals surface area contributed by atoms with E-state index >= 15 is 0 Å². The average Bonchev–Trinajstić information content (AvgIpc) is 3.66. The van der Waals surface area contributed by atoms with Gasteiger partial charge < -0.3 is 14.7 Å². The molecule has 2 aromatic carbocycles. The van der Waals surface area contributed by atoms with Crippen molar-refractivity contribution >= 4 is 45.9 Å². The molecule has 1 aliphatic carbocycles. The topological polar surface area (TPSA) is 83.9 Å². The van der Waals surface area contributed by atoms with Crippen LogP contribution in [0, 0.1) is 11.7 Å². The molecule has 0 spiro atoms. The number of morpholine rings is 1. The molecule has 2 fully saturated rings. The van der Waals surface area contributed by atoms with Crippen LogP contribution in [0.3, 0.4) is 0 Å². The zero-order chi connectivity index (χ0) is 28.6. The lowest BCUT2D eigenvalue weighted by atomic mass is 9.99. The summed E-state index contributed by atoms with van der Waals surface area (Å²) in [6.45, 7) is 8.95. The minimum Gasteiger partial charge on any atom is -0.481 e. The van der Waals surface area contributed by atoms with Crippen molar-refractivity contribution in [1.82, 2.24) is 4.90 Å². The first-order valence-electron chi connectivity index (χ1n) is 12.4. The number of carbonyl (C=O) groups is 2. The number of rotatable bonds is 5. The number of carboxylic acid groups (broad SMARTS) is 1. The molecule has 1 saturated carbocycles. The Hall–Kier alpha value is -2.00. The van der Waals surface area contributed by atoms with E-state index in [1.54, 1.807) is 13.0 Å². The Kier molecular flexibility index (Phi) is 12.2. The second kappa shape index (κ2) is 14.4. The molecule has 210 valence electrons. The summed E-state index contributed by atoms with van der Waals surface area (Å²) < 4.78 is 32.2. The summed E-state index contributed by atoms with van der Waals surface area (Å²) in [5.74, 6) is -0.699. The van der Waals surface area contributed by atoms with Gasteiger partial charge in [0.15, 0.2) is 0 Å². The molecule has 1 saturated heterocycles. The molecular weight excluding hydrogens is 552 g/mol. The third-order valence-electron chi connectivity index (χ3n) is 6.03. The number of ether oxygens (including phenoxy) is 1. The van der Waals surface area contributed by atoms with E-state index in [4.69, 9.17) is 37.8 Å². The Bertz CT molecular complexity index is 1100. The van der Waals surface area contributed by atoms with Crippen LogP contribution in [0.15, 0.2) is 48.5 Å². The number of halogens is 3. The van der Waals surface area contributed by atoms with Crippen LogP contribution in [0.2, 0.25) is 10.0 Å². The summed E-state index contributed by atoms with van der Waals surface area (Å²) in [7, 11) is -1.09. The van der Waals surface area contributed by atoms with Gasteiger partial charge in [0.25, 0.3) is 11.9 Å². The van der Waals surface area contributed by atoms with Gasteiger partial charge in [-0.05, 0) is 76.3 Å². The van der Waals surface area contributed by atoms with Crippen molar-refractivity contribution in [2.45, 2.75) is 70.4 Å². The molecule has 38 heavy (non-hydrogen) atoms. The van der Waals surface area contributed by atoms with E-state index in [1.165, 1.54) is 12.1 Å². The van der Waals surface area contributed by atoms with Crippen LogP contribution in [0.25, 0.3) is 0 Å². The fourth-order valence-corrected chi connectivity index (χ4v) is 5.37. The van der Waals surface area contributed by atoms with Gasteiger partial charge in [0, 0.05) is 39.3 Å². The van der Waals surface area contributed by atoms with Crippen LogP contribution in [-0.4, -0.2) is 55.3 Å². The smallest absolute Gasteiger partial charge is 0.300 e. The van der Waals surface area contributed by atoms with Gasteiger partial charge in [-0.2, -0.15) is 0 Å². The molecule has 1 heterocycles. The van der Waals surface area contributed by atoms with Gasteiger partial charge in [0.2, 0.25) is 0 Å². The maximum absolute atomic E-state index is 14.0. The average molecular weight is 589 g/mol. The number of hydrogen-bond donors (Lipinski definition) is 1. The Morgan fingerprint density at radius 2 is 1.76 bits per heavy atom. The third-order valence-corrected chi connectivity index (χ3v) is 8.60. The molecule has 0 bridgehead atoms. The number of hydrogen-bond acceptors (Lipinski definition) is 4. The van der Waals surface area contributed by atoms with Crippen molar-refractivity contribution in [3.8, 4) is 0 Å². The zero-order valence-electron chi connectivity index (χ0n) is 22.3. The maximum atomic E-state index is 14.0. The van der Waals surface area contributed by atoms with Crippen LogP contribution in [0.4, 0.5) is 4.39 Å². The SMILES string of the molecule is CC(=O)O.CC1OCC(c2ccc(Cl)c(F)c2)N(C(CS(=O)C(C)(C)C)C2CC2)C1=O.Clc1ccccc1. The van der Waals surface area contributed by atoms with E-state index in [2.05, 4.69) is 0 Å². The van der Waals surface area contributed by atoms with Gasteiger partial charge in [0.1, 0.15) is 11.9 Å². The van der Waals surface area contributed by atoms with E-state index in [1.807, 2.05) is 56.0 Å². The highest BCUT2D eigenvalue weighted by Crippen LogP contribution is 2.41. The molecular formula is C28H36Cl2FNO5S. The fraction of sp³-hybridized carbons (Fsp3) is 0.500. The predicted octanol–water partition coefficient (Wildman–Crippen LogP) is 6.52. The Morgan fingerprint density at radius 3 is 2.21 bits per heavy atom. The highest BCUT2D eigenvalue weighted by atomic mass is 35.5. The molecule has 4 atom stereocenters. The molecule has 1 N–H and O–H groups in total. The Labute approximate surface area is 236 Å². The summed E-state index contributed by atoms with van der Waals surface area (Å²) in [5.41, 5.74) is 0.657. The van der Waals surface area contributed by atoms with E-state index in [-0.39, 0.29) is 21.7 Å². The number of nitrogens with zero attached hydrogens (tertiary/aromatic N) is 1. The van der Waals surface area contributed by atoms with Crippen LogP contribution in [-0.2, 0) is 25.1 Å². The first-order valence-corrected chi connectivity index (χ1v) is 14.5. The number of amides is 1. The summed E-state index contributed by atoms with van der Waals surface area (Å²) in [6, 6.07) is 13.5. The summed E-state index contributed by atoms with van der Waals surface area (Å²) in [5, 5.41) is 8.26. The van der Waals surface area contributed by atoms with E-state index in [9.17, 15) is 13.4 Å². The molecule has 2 aliphatic rings. The molecule has 10 heteroatoms. The minimum absolute atomic E-state index is 0.0503. The summed E-state index contributed by atoms with van der Waals surface area (Å²) in [6.07, 6.45) is 1.49. The molecule has 4 unspecified atom stereocenters.